The van der Waals surface area contributed by atoms with Gasteiger partial charge in [0.2, 0.25) is 0 Å². The molecule has 0 aromatic rings. The zero-order chi connectivity index (χ0) is 15.4. The van der Waals surface area contributed by atoms with Crippen LogP contribution < -0.4 is 0 Å². The van der Waals surface area contributed by atoms with Crippen molar-refractivity contribution in [3.05, 3.63) is 12.2 Å². The molecule has 1 unspecified atom stereocenters. The summed E-state index contributed by atoms with van der Waals surface area (Å²) < 4.78 is 79.5. The minimum Gasteiger partial charge on any atom is -0.441 e. The average molecular weight is 296 g/mol. The Balaban J connectivity index is 4.55. The Hall–Kier alpha value is -1.29. The van der Waals surface area contributed by atoms with Crippen LogP contribution >= 0.6 is 0 Å². The summed E-state index contributed by atoms with van der Waals surface area (Å²) in [6.45, 7) is 3.17. The highest BCUT2D eigenvalue weighted by molar-refractivity contribution is 5.71. The lowest BCUT2D eigenvalue weighted by Gasteiger charge is -2.23. The van der Waals surface area contributed by atoms with Crippen molar-refractivity contribution in [2.24, 2.45) is 0 Å². The Morgan fingerprint density at radius 3 is 1.95 bits per heavy atom. The zero-order valence-electron chi connectivity index (χ0n) is 9.51. The fraction of sp³-hybridized carbons (Fsp3) is 0.667. The first-order chi connectivity index (χ1) is 8.35. The van der Waals surface area contributed by atoms with Crippen molar-refractivity contribution in [2.45, 2.75) is 31.7 Å². The molecule has 0 bridgehead atoms. The summed E-state index contributed by atoms with van der Waals surface area (Å²) in [6, 6.07) is 0. The smallest absolute Gasteiger partial charge is 0.434 e. The summed E-state index contributed by atoms with van der Waals surface area (Å²) >= 11 is 0. The van der Waals surface area contributed by atoms with Crippen LogP contribution in [0, 0.1) is 0 Å². The van der Waals surface area contributed by atoms with Gasteiger partial charge in [0.1, 0.15) is 6.61 Å². The predicted molar refractivity (Wildman–Crippen MR) is 48.8 cm³/mol. The lowest BCUT2D eigenvalue weighted by atomic mass is 10.3. The van der Waals surface area contributed by atoms with E-state index < -0.39 is 37.3 Å². The fourth-order valence-corrected chi connectivity index (χ4v) is 0.774. The molecule has 1 atom stereocenters. The van der Waals surface area contributed by atoms with Crippen LogP contribution in [-0.4, -0.2) is 42.4 Å². The van der Waals surface area contributed by atoms with Crippen molar-refractivity contribution in [3.8, 4) is 0 Å². The molecule has 0 radical (unpaired) electrons. The number of halogens is 6. The maximum absolute atomic E-state index is 12.0. The Labute approximate surface area is 103 Å². The van der Waals surface area contributed by atoms with Crippen molar-refractivity contribution >= 4 is 5.97 Å². The van der Waals surface area contributed by atoms with Gasteiger partial charge >= 0.3 is 18.3 Å². The van der Waals surface area contributed by atoms with Crippen LogP contribution in [0.4, 0.5) is 26.3 Å². The number of aliphatic hydroxyl groups is 1. The van der Waals surface area contributed by atoms with E-state index in [2.05, 4.69) is 16.1 Å². The Morgan fingerprint density at radius 2 is 1.63 bits per heavy atom. The first kappa shape index (κ1) is 17.7. The second-order valence-corrected chi connectivity index (χ2v) is 3.46. The molecule has 0 heterocycles. The highest BCUT2D eigenvalue weighted by Gasteiger charge is 2.59. The highest BCUT2D eigenvalue weighted by Crippen LogP contribution is 2.35. The fourth-order valence-electron chi connectivity index (χ4n) is 0.774. The Morgan fingerprint density at radius 1 is 1.21 bits per heavy atom. The third-order valence-corrected chi connectivity index (χ3v) is 1.62. The molecule has 19 heavy (non-hydrogen) atoms. The summed E-state index contributed by atoms with van der Waals surface area (Å²) in [4.78, 5) is 10.8. The monoisotopic (exact) mass is 296 g/mol. The first-order valence-corrected chi connectivity index (χ1v) is 4.63. The minimum atomic E-state index is -5.79. The molecule has 10 heteroatoms. The van der Waals surface area contributed by atoms with E-state index in [1.54, 1.807) is 0 Å². The van der Waals surface area contributed by atoms with E-state index in [0.29, 0.717) is 0 Å². The number of hydrogen-bond donors (Lipinski definition) is 1. The van der Waals surface area contributed by atoms with Crippen molar-refractivity contribution in [2.75, 3.05) is 6.61 Å². The number of carbonyl (C=O) groups excluding carboxylic acids is 1. The van der Waals surface area contributed by atoms with Crippen LogP contribution in [0.3, 0.4) is 0 Å². The van der Waals surface area contributed by atoms with Gasteiger partial charge in [0.05, 0.1) is 0 Å². The molecule has 0 rings (SSSR count). The van der Waals surface area contributed by atoms with E-state index in [9.17, 15) is 31.1 Å². The van der Waals surface area contributed by atoms with Gasteiger partial charge in [-0.05, 0) is 12.5 Å². The van der Waals surface area contributed by atoms with Gasteiger partial charge in [0, 0.05) is 0 Å². The molecular weight excluding hydrogens is 286 g/mol. The molecule has 0 saturated heterocycles. The third-order valence-electron chi connectivity index (χ3n) is 1.62. The number of ether oxygens (including phenoxy) is 2. The molecule has 0 spiro atoms. The molecular formula is C9H10F6O4. The topological polar surface area (TPSA) is 55.8 Å². The van der Waals surface area contributed by atoms with Gasteiger partial charge in [-0.25, -0.2) is 4.79 Å². The van der Waals surface area contributed by atoms with Crippen LogP contribution in [0.15, 0.2) is 12.2 Å². The standard InChI is InChI=1S/C9H10F6O4/c1-4(2)6(17)18-3-5(16)19-7(8(10,11)12)9(13,14)15/h6-7,17H,1,3H2,2H3. The molecule has 0 aliphatic carbocycles. The lowest BCUT2D eigenvalue weighted by molar-refractivity contribution is -0.314. The number of rotatable bonds is 5. The van der Waals surface area contributed by atoms with E-state index in [4.69, 9.17) is 5.11 Å². The molecule has 0 aromatic carbocycles. The SMILES string of the molecule is C=C(C)C(O)OCC(=O)OC(C(F)(F)F)C(F)(F)F. The number of hydrogen-bond acceptors (Lipinski definition) is 4. The first-order valence-electron chi connectivity index (χ1n) is 4.63. The Bertz CT molecular complexity index is 321. The zero-order valence-corrected chi connectivity index (χ0v) is 9.51. The molecule has 112 valence electrons. The molecule has 0 aliphatic rings. The maximum atomic E-state index is 12.0. The second kappa shape index (κ2) is 6.24. The van der Waals surface area contributed by atoms with Crippen molar-refractivity contribution in [1.29, 1.82) is 0 Å². The number of aliphatic hydroxyl groups excluding tert-OH is 1. The van der Waals surface area contributed by atoms with Gasteiger partial charge in [0.25, 0.3) is 6.10 Å². The van der Waals surface area contributed by atoms with Gasteiger partial charge in [-0.15, -0.1) is 0 Å². The third kappa shape index (κ3) is 6.43. The molecule has 0 amide bonds. The van der Waals surface area contributed by atoms with Crippen LogP contribution in [0.25, 0.3) is 0 Å². The van der Waals surface area contributed by atoms with Crippen molar-refractivity contribution in [1.82, 2.24) is 0 Å². The quantitative estimate of drug-likeness (QED) is 0.364. The summed E-state index contributed by atoms with van der Waals surface area (Å²) in [7, 11) is 0. The Kier molecular flexibility index (Phi) is 5.82. The summed E-state index contributed by atoms with van der Waals surface area (Å²) in [5.74, 6) is -1.92. The second-order valence-electron chi connectivity index (χ2n) is 3.46. The van der Waals surface area contributed by atoms with E-state index in [0.717, 1.165) is 0 Å². The minimum absolute atomic E-state index is 0.0102. The molecule has 0 fully saturated rings. The summed E-state index contributed by atoms with van der Waals surface area (Å²) in [5.41, 5.74) is 0.0102. The van der Waals surface area contributed by atoms with E-state index >= 15 is 0 Å². The van der Waals surface area contributed by atoms with Crippen LogP contribution in [-0.2, 0) is 14.3 Å². The van der Waals surface area contributed by atoms with E-state index in [1.807, 2.05) is 0 Å². The largest absolute Gasteiger partial charge is 0.441 e. The van der Waals surface area contributed by atoms with Crippen LogP contribution in [0.2, 0.25) is 0 Å². The average Bonchev–Trinajstić information content (AvgIpc) is 2.18. The summed E-state index contributed by atoms with van der Waals surface area (Å²) in [6.07, 6.45) is -17.5. The molecule has 0 aromatic heterocycles. The molecule has 1 N–H and O–H groups in total. The number of alkyl halides is 6. The molecule has 0 aliphatic heterocycles. The number of esters is 1. The van der Waals surface area contributed by atoms with Gasteiger partial charge in [-0.1, -0.05) is 6.58 Å². The number of carbonyl (C=O) groups is 1. The van der Waals surface area contributed by atoms with Gasteiger partial charge in [0.15, 0.2) is 6.29 Å². The van der Waals surface area contributed by atoms with Crippen LogP contribution in [0.1, 0.15) is 6.92 Å². The highest BCUT2D eigenvalue weighted by atomic mass is 19.4. The van der Waals surface area contributed by atoms with Gasteiger partial charge in [-0.3, -0.25) is 0 Å². The van der Waals surface area contributed by atoms with Crippen molar-refractivity contribution in [3.63, 3.8) is 0 Å². The predicted octanol–water partition coefficient (Wildman–Crippen LogP) is 1.93. The van der Waals surface area contributed by atoms with Crippen LogP contribution in [0.5, 0.6) is 0 Å². The normalized spacial score (nSPS) is 14.4. The lowest BCUT2D eigenvalue weighted by Crippen LogP contribution is -2.46. The molecule has 0 saturated carbocycles. The van der Waals surface area contributed by atoms with E-state index in [1.165, 1.54) is 6.92 Å². The van der Waals surface area contributed by atoms with Gasteiger partial charge in [-0.2, -0.15) is 26.3 Å². The maximum Gasteiger partial charge on any atom is 0.434 e. The molecule has 4 nitrogen and oxygen atoms in total. The van der Waals surface area contributed by atoms with E-state index in [-0.39, 0.29) is 5.57 Å². The van der Waals surface area contributed by atoms with Gasteiger partial charge < -0.3 is 14.6 Å². The summed E-state index contributed by atoms with van der Waals surface area (Å²) in [5, 5.41) is 8.96. The van der Waals surface area contributed by atoms with Crippen molar-refractivity contribution < 1.29 is 45.7 Å².